The molecule has 0 amide bonds. The van der Waals surface area contributed by atoms with E-state index in [0.717, 1.165) is 37.1 Å². The van der Waals surface area contributed by atoms with Gasteiger partial charge in [0.25, 0.3) is 0 Å². The van der Waals surface area contributed by atoms with Crippen molar-refractivity contribution in [3.05, 3.63) is 95.1 Å². The third-order valence-corrected chi connectivity index (χ3v) is 6.22. The molecule has 0 saturated carbocycles. The molecular weight excluding hydrogens is 583 g/mol. The third-order valence-electron chi connectivity index (χ3n) is 6.22. The Labute approximate surface area is 234 Å². The van der Waals surface area contributed by atoms with E-state index in [9.17, 15) is 39.5 Å². The fourth-order valence-electron chi connectivity index (χ4n) is 4.26. The molecule has 0 atom stereocenters. The number of allylic oxidation sites excluding steroid dienone is 2. The van der Waals surface area contributed by atoms with Crippen LogP contribution in [-0.2, 0) is 15.6 Å². The highest BCUT2D eigenvalue weighted by molar-refractivity contribution is 5.65. The van der Waals surface area contributed by atoms with Crippen molar-refractivity contribution >= 4 is 0 Å². The lowest BCUT2D eigenvalue weighted by atomic mass is 10.0. The molecule has 1 heterocycles. The molecule has 1 saturated heterocycles. The summed E-state index contributed by atoms with van der Waals surface area (Å²) >= 11 is 0. The third kappa shape index (κ3) is 7.57. The minimum Gasteiger partial charge on any atom is -0.429 e. The van der Waals surface area contributed by atoms with Gasteiger partial charge in [0.1, 0.15) is 22.9 Å². The van der Waals surface area contributed by atoms with Crippen molar-refractivity contribution in [1.82, 2.24) is 0 Å². The molecule has 4 nitrogen and oxygen atoms in total. The molecule has 0 unspecified atom stereocenters. The van der Waals surface area contributed by atoms with Crippen LogP contribution in [0.25, 0.3) is 11.1 Å². The Morgan fingerprint density at radius 3 is 1.88 bits per heavy atom. The van der Waals surface area contributed by atoms with E-state index in [1.165, 1.54) is 0 Å². The molecule has 226 valence electrons. The summed E-state index contributed by atoms with van der Waals surface area (Å²) in [6, 6.07) is 6.37. The van der Waals surface area contributed by atoms with Gasteiger partial charge in [0.15, 0.2) is 17.9 Å². The molecule has 1 aliphatic rings. The largest absolute Gasteiger partial charge is 0.573 e. The second kappa shape index (κ2) is 12.7. The lowest BCUT2D eigenvalue weighted by Crippen LogP contribution is -2.28. The molecule has 1 fully saturated rings. The van der Waals surface area contributed by atoms with Crippen LogP contribution in [0.3, 0.4) is 0 Å². The summed E-state index contributed by atoms with van der Waals surface area (Å²) in [6.07, 6.45) is -5.50. The first-order chi connectivity index (χ1) is 19.8. The van der Waals surface area contributed by atoms with Crippen LogP contribution in [0.4, 0.5) is 39.5 Å². The van der Waals surface area contributed by atoms with Gasteiger partial charge >= 0.3 is 12.5 Å². The maximum Gasteiger partial charge on any atom is 0.573 e. The van der Waals surface area contributed by atoms with Crippen molar-refractivity contribution in [2.75, 3.05) is 13.2 Å². The smallest absolute Gasteiger partial charge is 0.429 e. The second-order valence-corrected chi connectivity index (χ2v) is 9.33. The first-order valence-electron chi connectivity index (χ1n) is 12.5. The van der Waals surface area contributed by atoms with Crippen LogP contribution in [0.15, 0.2) is 60.7 Å². The Balaban J connectivity index is 1.46. The molecule has 4 rings (SSSR count). The number of benzene rings is 3. The molecule has 3 aromatic carbocycles. The molecule has 0 aromatic heterocycles. The first-order valence-corrected chi connectivity index (χ1v) is 12.5. The maximum atomic E-state index is 14.9. The first kappa shape index (κ1) is 31.2. The number of hydrogen-bond acceptors (Lipinski definition) is 4. The summed E-state index contributed by atoms with van der Waals surface area (Å²) in [5.41, 5.74) is -2.05. The van der Waals surface area contributed by atoms with E-state index in [2.05, 4.69) is 9.47 Å². The van der Waals surface area contributed by atoms with Crippen LogP contribution < -0.4 is 9.47 Å². The monoisotopic (exact) mass is 606 g/mol. The van der Waals surface area contributed by atoms with Crippen molar-refractivity contribution < 1.29 is 58.5 Å². The summed E-state index contributed by atoms with van der Waals surface area (Å²) in [7, 11) is 0. The van der Waals surface area contributed by atoms with Gasteiger partial charge in [-0.2, -0.15) is 8.78 Å². The predicted octanol–water partition coefficient (Wildman–Crippen LogP) is 8.95. The molecule has 0 spiro atoms. The predicted molar refractivity (Wildman–Crippen MR) is 132 cm³/mol. The lowest BCUT2D eigenvalue weighted by molar-refractivity contribution is -0.276. The van der Waals surface area contributed by atoms with Crippen LogP contribution in [0, 0.1) is 29.2 Å². The summed E-state index contributed by atoms with van der Waals surface area (Å²) in [6.45, 7) is 2.40. The Bertz CT molecular complexity index is 1370. The number of ether oxygens (including phenoxy) is 4. The Morgan fingerprint density at radius 1 is 0.786 bits per heavy atom. The quantitative estimate of drug-likeness (QED) is 0.180. The Morgan fingerprint density at radius 2 is 1.36 bits per heavy atom. The van der Waals surface area contributed by atoms with Crippen LogP contribution in [0.2, 0.25) is 0 Å². The normalized spacial score (nSPS) is 18.0. The molecule has 1 aliphatic heterocycles. The van der Waals surface area contributed by atoms with E-state index in [0.29, 0.717) is 24.3 Å². The highest BCUT2D eigenvalue weighted by atomic mass is 19.4. The average Bonchev–Trinajstić information content (AvgIpc) is 2.90. The van der Waals surface area contributed by atoms with E-state index in [1.54, 1.807) is 0 Å². The number of hydrogen-bond donors (Lipinski definition) is 0. The van der Waals surface area contributed by atoms with Crippen LogP contribution in [-0.4, -0.2) is 19.6 Å². The highest BCUT2D eigenvalue weighted by Crippen LogP contribution is 2.38. The summed E-state index contributed by atoms with van der Waals surface area (Å²) < 4.78 is 143. The van der Waals surface area contributed by atoms with E-state index < -0.39 is 59.1 Å². The average molecular weight is 606 g/mol. The minimum atomic E-state index is -5.33. The van der Waals surface area contributed by atoms with Crippen molar-refractivity contribution in [2.24, 2.45) is 5.92 Å². The lowest BCUT2D eigenvalue weighted by Gasteiger charge is -2.30. The van der Waals surface area contributed by atoms with E-state index >= 15 is 0 Å². The van der Waals surface area contributed by atoms with Crippen molar-refractivity contribution in [3.8, 4) is 22.6 Å². The van der Waals surface area contributed by atoms with Gasteiger partial charge in [-0.3, -0.25) is 0 Å². The minimum absolute atomic E-state index is 0.000267. The number of rotatable bonds is 9. The maximum absolute atomic E-state index is 14.9. The van der Waals surface area contributed by atoms with Gasteiger partial charge < -0.3 is 18.9 Å². The van der Waals surface area contributed by atoms with Crippen molar-refractivity contribution in [2.45, 2.75) is 38.5 Å². The van der Waals surface area contributed by atoms with Gasteiger partial charge in [0.2, 0.25) is 5.75 Å². The number of alkyl halides is 5. The van der Waals surface area contributed by atoms with Gasteiger partial charge in [-0.15, -0.1) is 13.2 Å². The zero-order chi connectivity index (χ0) is 30.7. The SMILES string of the molecule is C/C=C/CCC1COC(c2cc(F)c(C(F)(F)Oc3ccc(-c4cc(F)c(OC(F)(F)F)c(F)c4)cc3)c(F)c2)OC1. The van der Waals surface area contributed by atoms with Crippen molar-refractivity contribution in [1.29, 1.82) is 0 Å². The summed E-state index contributed by atoms with van der Waals surface area (Å²) in [5.74, 6) is -8.70. The highest BCUT2D eigenvalue weighted by Gasteiger charge is 2.42. The molecular formula is C29H23F9O4. The Hall–Kier alpha value is -3.71. The van der Waals surface area contributed by atoms with Crippen LogP contribution >= 0.6 is 0 Å². The van der Waals surface area contributed by atoms with Crippen LogP contribution in [0.5, 0.6) is 11.5 Å². The topological polar surface area (TPSA) is 36.9 Å². The van der Waals surface area contributed by atoms with E-state index in [4.69, 9.17) is 9.47 Å². The standard InChI is InChI=1S/C29H23F9O4/c1-2-3-4-5-16-14-39-27(40-15-16)19-12-21(30)25(22(31)13-19)28(34,35)41-20-8-6-17(7-9-20)18-10-23(32)26(24(33)11-18)42-29(36,37)38/h2-3,6-13,16,27H,4-5,14-15H2,1H3/b3-2+. The summed E-state index contributed by atoms with van der Waals surface area (Å²) in [5, 5.41) is 0. The zero-order valence-corrected chi connectivity index (χ0v) is 21.8. The molecule has 0 N–H and O–H groups in total. The zero-order valence-electron chi connectivity index (χ0n) is 21.8. The van der Waals surface area contributed by atoms with E-state index in [1.807, 2.05) is 19.1 Å². The molecule has 0 aliphatic carbocycles. The van der Waals surface area contributed by atoms with Crippen LogP contribution in [0.1, 0.15) is 37.2 Å². The van der Waals surface area contributed by atoms with E-state index in [-0.39, 0.29) is 35.8 Å². The molecule has 0 bridgehead atoms. The van der Waals surface area contributed by atoms with Gasteiger partial charge in [0.05, 0.1) is 13.2 Å². The van der Waals surface area contributed by atoms with Crippen molar-refractivity contribution in [3.63, 3.8) is 0 Å². The molecule has 42 heavy (non-hydrogen) atoms. The molecule has 3 aromatic rings. The molecule has 0 radical (unpaired) electrons. The fraction of sp³-hybridized carbons (Fsp3) is 0.310. The molecule has 13 heteroatoms. The van der Waals surface area contributed by atoms with Gasteiger partial charge in [-0.25, -0.2) is 17.6 Å². The number of halogens is 9. The van der Waals surface area contributed by atoms with Gasteiger partial charge in [-0.1, -0.05) is 24.3 Å². The summed E-state index contributed by atoms with van der Waals surface area (Å²) in [4.78, 5) is 0. The van der Waals surface area contributed by atoms with Gasteiger partial charge in [-0.05, 0) is 67.3 Å². The second-order valence-electron chi connectivity index (χ2n) is 9.33. The van der Waals surface area contributed by atoms with Gasteiger partial charge in [0, 0.05) is 11.5 Å². The fourth-order valence-corrected chi connectivity index (χ4v) is 4.26. The Kier molecular flexibility index (Phi) is 9.41.